The molecule has 0 spiro atoms. The number of aryl methyl sites for hydroxylation is 2. The molecule has 1 unspecified atom stereocenters. The van der Waals surface area contributed by atoms with E-state index in [4.69, 9.17) is 0 Å². The van der Waals surface area contributed by atoms with Gasteiger partial charge < -0.3 is 5.32 Å². The van der Waals surface area contributed by atoms with Gasteiger partial charge in [0.25, 0.3) is 0 Å². The smallest absolute Gasteiger partial charge is 0.0699 e. The van der Waals surface area contributed by atoms with Gasteiger partial charge in [-0.05, 0) is 25.6 Å². The van der Waals surface area contributed by atoms with E-state index in [9.17, 15) is 0 Å². The molecule has 0 saturated carbocycles. The SMILES string of the molecule is CCc1ccc(C(NC)c2cnn(C)c2)s1. The van der Waals surface area contributed by atoms with Gasteiger partial charge in [-0.3, -0.25) is 4.68 Å². The Hall–Kier alpha value is -1.13. The maximum atomic E-state index is 4.22. The molecule has 1 N–H and O–H groups in total. The molecule has 3 nitrogen and oxygen atoms in total. The summed E-state index contributed by atoms with van der Waals surface area (Å²) in [6.07, 6.45) is 5.09. The zero-order valence-electron chi connectivity index (χ0n) is 9.90. The van der Waals surface area contributed by atoms with Gasteiger partial charge in [0.05, 0.1) is 12.2 Å². The molecule has 2 rings (SSSR count). The molecule has 4 heteroatoms. The molecule has 2 aromatic heterocycles. The fourth-order valence-corrected chi connectivity index (χ4v) is 2.89. The first-order chi connectivity index (χ1) is 7.74. The Morgan fingerprint density at radius 1 is 1.50 bits per heavy atom. The largest absolute Gasteiger partial charge is 0.309 e. The second kappa shape index (κ2) is 4.80. The third kappa shape index (κ3) is 2.18. The maximum Gasteiger partial charge on any atom is 0.0699 e. The highest BCUT2D eigenvalue weighted by molar-refractivity contribution is 7.12. The summed E-state index contributed by atoms with van der Waals surface area (Å²) >= 11 is 1.87. The van der Waals surface area contributed by atoms with E-state index in [1.165, 1.54) is 15.3 Å². The van der Waals surface area contributed by atoms with Crippen LogP contribution in [0.1, 0.15) is 28.3 Å². The number of hydrogen-bond acceptors (Lipinski definition) is 3. The minimum atomic E-state index is 0.263. The lowest BCUT2D eigenvalue weighted by Gasteiger charge is -2.11. The summed E-state index contributed by atoms with van der Waals surface area (Å²) < 4.78 is 1.84. The van der Waals surface area contributed by atoms with Crippen LogP contribution in [-0.4, -0.2) is 16.8 Å². The highest BCUT2D eigenvalue weighted by Crippen LogP contribution is 2.28. The van der Waals surface area contributed by atoms with Crippen molar-refractivity contribution >= 4 is 11.3 Å². The van der Waals surface area contributed by atoms with E-state index in [1.54, 1.807) is 0 Å². The first-order valence-corrected chi connectivity index (χ1v) is 6.30. The molecule has 16 heavy (non-hydrogen) atoms. The lowest BCUT2D eigenvalue weighted by atomic mass is 10.1. The van der Waals surface area contributed by atoms with Gasteiger partial charge in [-0.25, -0.2) is 0 Å². The zero-order valence-corrected chi connectivity index (χ0v) is 10.7. The molecular formula is C12H17N3S. The second-order valence-corrected chi connectivity index (χ2v) is 5.03. The maximum absolute atomic E-state index is 4.22. The van der Waals surface area contributed by atoms with Crippen molar-refractivity contribution in [1.82, 2.24) is 15.1 Å². The third-order valence-corrected chi connectivity index (χ3v) is 3.96. The van der Waals surface area contributed by atoms with Crippen LogP contribution >= 0.6 is 11.3 Å². The third-order valence-electron chi connectivity index (χ3n) is 2.66. The molecule has 0 saturated heterocycles. The normalized spacial score (nSPS) is 12.9. The second-order valence-electron chi connectivity index (χ2n) is 3.83. The van der Waals surface area contributed by atoms with Crippen molar-refractivity contribution in [3.63, 3.8) is 0 Å². The minimum Gasteiger partial charge on any atom is -0.309 e. The summed E-state index contributed by atoms with van der Waals surface area (Å²) in [6, 6.07) is 4.68. The Labute approximate surface area is 100 Å². The van der Waals surface area contributed by atoms with Crippen LogP contribution in [0.3, 0.4) is 0 Å². The summed E-state index contributed by atoms with van der Waals surface area (Å²) in [7, 11) is 3.94. The Morgan fingerprint density at radius 2 is 2.31 bits per heavy atom. The van der Waals surface area contributed by atoms with Crippen LogP contribution in [0.2, 0.25) is 0 Å². The summed E-state index contributed by atoms with van der Waals surface area (Å²) in [5.74, 6) is 0. The quantitative estimate of drug-likeness (QED) is 0.881. The van der Waals surface area contributed by atoms with E-state index >= 15 is 0 Å². The standard InChI is InChI=1S/C12H17N3S/c1-4-10-5-6-11(16-10)12(13-2)9-7-14-15(3)8-9/h5-8,12-13H,4H2,1-3H3. The molecule has 0 fully saturated rings. The number of hydrogen-bond donors (Lipinski definition) is 1. The fraction of sp³-hybridized carbons (Fsp3) is 0.417. The fourth-order valence-electron chi connectivity index (χ4n) is 1.80. The summed E-state index contributed by atoms with van der Waals surface area (Å²) in [5.41, 5.74) is 1.22. The molecule has 1 atom stereocenters. The van der Waals surface area contributed by atoms with Crippen LogP contribution in [0.25, 0.3) is 0 Å². The lowest BCUT2D eigenvalue weighted by molar-refractivity contribution is 0.701. The predicted molar refractivity (Wildman–Crippen MR) is 67.8 cm³/mol. The van der Waals surface area contributed by atoms with Gasteiger partial charge in [-0.2, -0.15) is 5.10 Å². The van der Waals surface area contributed by atoms with Gasteiger partial charge in [0.1, 0.15) is 0 Å². The number of rotatable bonds is 4. The number of aromatic nitrogens is 2. The summed E-state index contributed by atoms with van der Waals surface area (Å²) in [4.78, 5) is 2.78. The molecule has 86 valence electrons. The monoisotopic (exact) mass is 235 g/mol. The van der Waals surface area contributed by atoms with Crippen molar-refractivity contribution in [2.45, 2.75) is 19.4 Å². The van der Waals surface area contributed by atoms with E-state index in [0.717, 1.165) is 6.42 Å². The van der Waals surface area contributed by atoms with E-state index < -0.39 is 0 Å². The van der Waals surface area contributed by atoms with Crippen molar-refractivity contribution < 1.29 is 0 Å². The van der Waals surface area contributed by atoms with Crippen molar-refractivity contribution in [2.24, 2.45) is 7.05 Å². The highest BCUT2D eigenvalue weighted by Gasteiger charge is 2.15. The van der Waals surface area contributed by atoms with E-state index in [-0.39, 0.29) is 6.04 Å². The molecule has 0 aromatic carbocycles. The van der Waals surface area contributed by atoms with Gasteiger partial charge in [0.2, 0.25) is 0 Å². The van der Waals surface area contributed by atoms with Crippen molar-refractivity contribution in [3.05, 3.63) is 39.8 Å². The zero-order chi connectivity index (χ0) is 11.5. The number of nitrogens with one attached hydrogen (secondary N) is 1. The van der Waals surface area contributed by atoms with Crippen LogP contribution in [0.15, 0.2) is 24.5 Å². The van der Waals surface area contributed by atoms with E-state index in [2.05, 4.69) is 35.7 Å². The molecule has 2 heterocycles. The van der Waals surface area contributed by atoms with Gasteiger partial charge in [-0.1, -0.05) is 6.92 Å². The first kappa shape index (κ1) is 11.4. The van der Waals surface area contributed by atoms with Crippen LogP contribution in [0.4, 0.5) is 0 Å². The molecule has 0 aliphatic rings. The Balaban J connectivity index is 2.28. The van der Waals surface area contributed by atoms with Crippen LogP contribution in [0.5, 0.6) is 0 Å². The molecule has 0 radical (unpaired) electrons. The molecule has 2 aromatic rings. The molecular weight excluding hydrogens is 218 g/mol. The van der Waals surface area contributed by atoms with Crippen molar-refractivity contribution in [3.8, 4) is 0 Å². The molecule has 0 amide bonds. The predicted octanol–water partition coefficient (Wildman–Crippen LogP) is 2.35. The van der Waals surface area contributed by atoms with Gasteiger partial charge >= 0.3 is 0 Å². The average Bonchev–Trinajstić information content (AvgIpc) is 2.89. The molecule has 0 aliphatic carbocycles. The van der Waals surface area contributed by atoms with Crippen LogP contribution in [0, 0.1) is 0 Å². The average molecular weight is 235 g/mol. The van der Waals surface area contributed by atoms with E-state index in [1.807, 2.05) is 36.3 Å². The Bertz CT molecular complexity index is 458. The minimum absolute atomic E-state index is 0.263. The highest BCUT2D eigenvalue weighted by atomic mass is 32.1. The number of thiophene rings is 1. The van der Waals surface area contributed by atoms with Crippen molar-refractivity contribution in [1.29, 1.82) is 0 Å². The van der Waals surface area contributed by atoms with Gasteiger partial charge in [0.15, 0.2) is 0 Å². The Morgan fingerprint density at radius 3 is 2.81 bits per heavy atom. The number of nitrogens with zero attached hydrogens (tertiary/aromatic N) is 2. The topological polar surface area (TPSA) is 29.9 Å². The summed E-state index contributed by atoms with van der Waals surface area (Å²) in [6.45, 7) is 2.19. The molecule has 0 bridgehead atoms. The van der Waals surface area contributed by atoms with Gasteiger partial charge in [-0.15, -0.1) is 11.3 Å². The van der Waals surface area contributed by atoms with Crippen LogP contribution in [-0.2, 0) is 13.5 Å². The van der Waals surface area contributed by atoms with Crippen LogP contribution < -0.4 is 5.32 Å². The lowest BCUT2D eigenvalue weighted by Crippen LogP contribution is -2.15. The van der Waals surface area contributed by atoms with Crippen molar-refractivity contribution in [2.75, 3.05) is 7.05 Å². The van der Waals surface area contributed by atoms with Gasteiger partial charge in [0, 0.05) is 28.6 Å². The summed E-state index contributed by atoms with van der Waals surface area (Å²) in [5, 5.41) is 7.56. The van der Waals surface area contributed by atoms with E-state index in [0.29, 0.717) is 0 Å². The Kier molecular flexibility index (Phi) is 3.41. The molecule has 0 aliphatic heterocycles. The first-order valence-electron chi connectivity index (χ1n) is 5.49.